The SMILES string of the molecule is COC1CCCN(C(=O)NC(C)(C)C(C)(C)C(=O)O)C1. The van der Waals surface area contributed by atoms with Crippen molar-refractivity contribution in [3.05, 3.63) is 0 Å². The van der Waals surface area contributed by atoms with Crippen LogP contribution < -0.4 is 5.32 Å². The molecule has 0 bridgehead atoms. The van der Waals surface area contributed by atoms with Crippen LogP contribution in [0.1, 0.15) is 40.5 Å². The summed E-state index contributed by atoms with van der Waals surface area (Å²) in [6, 6.07) is -0.230. The van der Waals surface area contributed by atoms with Gasteiger partial charge in [-0.25, -0.2) is 4.79 Å². The van der Waals surface area contributed by atoms with Crippen molar-refractivity contribution in [2.75, 3.05) is 20.2 Å². The lowest BCUT2D eigenvalue weighted by atomic mass is 9.74. The number of amides is 2. The van der Waals surface area contributed by atoms with Crippen molar-refractivity contribution < 1.29 is 19.4 Å². The van der Waals surface area contributed by atoms with Gasteiger partial charge in [-0.15, -0.1) is 0 Å². The lowest BCUT2D eigenvalue weighted by Gasteiger charge is -2.41. The van der Waals surface area contributed by atoms with E-state index in [1.807, 2.05) is 0 Å². The van der Waals surface area contributed by atoms with Crippen LogP contribution in [0.3, 0.4) is 0 Å². The highest BCUT2D eigenvalue weighted by Crippen LogP contribution is 2.31. The Balaban J connectivity index is 2.72. The fraction of sp³-hybridized carbons (Fsp3) is 0.857. The maximum atomic E-state index is 12.3. The van der Waals surface area contributed by atoms with E-state index in [0.717, 1.165) is 12.8 Å². The summed E-state index contributed by atoms with van der Waals surface area (Å²) >= 11 is 0. The highest BCUT2D eigenvalue weighted by molar-refractivity contribution is 5.79. The number of rotatable bonds is 4. The predicted octanol–water partition coefficient (Wildman–Crippen LogP) is 1.70. The van der Waals surface area contributed by atoms with Gasteiger partial charge in [-0.2, -0.15) is 0 Å². The van der Waals surface area contributed by atoms with E-state index in [4.69, 9.17) is 4.74 Å². The maximum Gasteiger partial charge on any atom is 0.317 e. The number of carbonyl (C=O) groups is 2. The van der Waals surface area contributed by atoms with Crippen molar-refractivity contribution in [3.63, 3.8) is 0 Å². The number of carboxylic acid groups (broad SMARTS) is 1. The van der Waals surface area contributed by atoms with Gasteiger partial charge in [-0.1, -0.05) is 0 Å². The van der Waals surface area contributed by atoms with Crippen LogP contribution in [0.15, 0.2) is 0 Å². The number of methoxy groups -OCH3 is 1. The molecule has 2 amide bonds. The second-order valence-corrected chi connectivity index (χ2v) is 6.43. The number of nitrogens with one attached hydrogen (secondary N) is 1. The molecular weight excluding hydrogens is 260 g/mol. The molecule has 0 spiro atoms. The van der Waals surface area contributed by atoms with Gasteiger partial charge in [-0.05, 0) is 40.5 Å². The molecule has 1 fully saturated rings. The Hall–Kier alpha value is -1.30. The first-order valence-corrected chi connectivity index (χ1v) is 6.95. The van der Waals surface area contributed by atoms with Crippen molar-refractivity contribution in [2.24, 2.45) is 5.41 Å². The van der Waals surface area contributed by atoms with Crippen molar-refractivity contribution in [3.8, 4) is 0 Å². The third-order valence-corrected chi connectivity index (χ3v) is 4.52. The molecule has 1 aliphatic rings. The van der Waals surface area contributed by atoms with Crippen LogP contribution in [-0.2, 0) is 9.53 Å². The van der Waals surface area contributed by atoms with Gasteiger partial charge in [-0.3, -0.25) is 4.79 Å². The number of likely N-dealkylation sites (tertiary alicyclic amines) is 1. The lowest BCUT2D eigenvalue weighted by Crippen LogP contribution is -2.60. The molecule has 2 N–H and O–H groups in total. The van der Waals surface area contributed by atoms with Crippen LogP contribution >= 0.6 is 0 Å². The molecule has 1 saturated heterocycles. The molecule has 0 radical (unpaired) electrons. The van der Waals surface area contributed by atoms with Gasteiger partial charge in [0.1, 0.15) is 0 Å². The zero-order chi connectivity index (χ0) is 15.6. The number of hydrogen-bond donors (Lipinski definition) is 2. The predicted molar refractivity (Wildman–Crippen MR) is 75.6 cm³/mol. The standard InChI is InChI=1S/C14H26N2O4/c1-13(2,11(17)18)14(3,4)15-12(19)16-8-6-7-10(9-16)20-5/h10H,6-9H2,1-5H3,(H,15,19)(H,17,18). The molecule has 1 atom stereocenters. The molecule has 1 heterocycles. The molecule has 1 aliphatic heterocycles. The van der Waals surface area contributed by atoms with Crippen LogP contribution in [0.25, 0.3) is 0 Å². The quantitative estimate of drug-likeness (QED) is 0.824. The number of carboxylic acids is 1. The molecule has 20 heavy (non-hydrogen) atoms. The van der Waals surface area contributed by atoms with Crippen LogP contribution in [0.2, 0.25) is 0 Å². The van der Waals surface area contributed by atoms with Crippen LogP contribution in [-0.4, -0.2) is 53.8 Å². The summed E-state index contributed by atoms with van der Waals surface area (Å²) in [5, 5.41) is 12.1. The molecule has 1 rings (SSSR count). The van der Waals surface area contributed by atoms with E-state index >= 15 is 0 Å². The van der Waals surface area contributed by atoms with Gasteiger partial charge in [0, 0.05) is 20.2 Å². The number of carbonyl (C=O) groups excluding carboxylic acids is 1. The molecule has 0 aliphatic carbocycles. The summed E-state index contributed by atoms with van der Waals surface area (Å²) in [6.45, 7) is 7.92. The third-order valence-electron chi connectivity index (χ3n) is 4.52. The van der Waals surface area contributed by atoms with Crippen molar-refractivity contribution >= 4 is 12.0 Å². The molecule has 0 aromatic rings. The summed E-state index contributed by atoms with van der Waals surface area (Å²) in [4.78, 5) is 25.3. The monoisotopic (exact) mass is 286 g/mol. The Morgan fingerprint density at radius 2 is 1.90 bits per heavy atom. The Labute approximate surface area is 120 Å². The first-order chi connectivity index (χ1) is 9.11. The molecule has 6 nitrogen and oxygen atoms in total. The van der Waals surface area contributed by atoms with E-state index in [1.165, 1.54) is 0 Å². The zero-order valence-corrected chi connectivity index (χ0v) is 13.0. The molecule has 0 aromatic carbocycles. The molecule has 6 heteroatoms. The van der Waals surface area contributed by atoms with E-state index in [1.54, 1.807) is 39.7 Å². The number of piperidine rings is 1. The van der Waals surface area contributed by atoms with Crippen molar-refractivity contribution in [1.29, 1.82) is 0 Å². The van der Waals surface area contributed by atoms with Crippen LogP contribution in [0.5, 0.6) is 0 Å². The summed E-state index contributed by atoms with van der Waals surface area (Å²) in [6.07, 6.45) is 1.91. The number of urea groups is 1. The van der Waals surface area contributed by atoms with E-state index in [0.29, 0.717) is 13.1 Å². The maximum absolute atomic E-state index is 12.3. The summed E-state index contributed by atoms with van der Waals surface area (Å²) < 4.78 is 5.29. The van der Waals surface area contributed by atoms with Gasteiger partial charge in [0.2, 0.25) is 0 Å². The number of ether oxygens (including phenoxy) is 1. The Morgan fingerprint density at radius 1 is 1.30 bits per heavy atom. The summed E-state index contributed by atoms with van der Waals surface area (Å²) in [5.74, 6) is -0.934. The van der Waals surface area contributed by atoms with Gasteiger partial charge >= 0.3 is 12.0 Å². The van der Waals surface area contributed by atoms with E-state index in [-0.39, 0.29) is 12.1 Å². The van der Waals surface area contributed by atoms with Crippen LogP contribution in [0.4, 0.5) is 4.79 Å². The lowest BCUT2D eigenvalue weighted by molar-refractivity contribution is -0.150. The highest BCUT2D eigenvalue weighted by Gasteiger charge is 2.45. The average molecular weight is 286 g/mol. The zero-order valence-electron chi connectivity index (χ0n) is 13.0. The minimum Gasteiger partial charge on any atom is -0.481 e. The van der Waals surface area contributed by atoms with Gasteiger partial charge in [0.15, 0.2) is 0 Å². The van der Waals surface area contributed by atoms with Gasteiger partial charge in [0.05, 0.1) is 17.1 Å². The fourth-order valence-corrected chi connectivity index (χ4v) is 2.09. The second kappa shape index (κ2) is 5.99. The number of nitrogens with zero attached hydrogens (tertiary/aromatic N) is 1. The van der Waals surface area contributed by atoms with Crippen LogP contribution in [0, 0.1) is 5.41 Å². The van der Waals surface area contributed by atoms with Crippen molar-refractivity contribution in [1.82, 2.24) is 10.2 Å². The molecule has 0 saturated carbocycles. The molecule has 1 unspecified atom stereocenters. The van der Waals surface area contributed by atoms with Gasteiger partial charge in [0.25, 0.3) is 0 Å². The average Bonchev–Trinajstić information content (AvgIpc) is 2.37. The van der Waals surface area contributed by atoms with E-state index in [2.05, 4.69) is 5.32 Å². The Bertz CT molecular complexity index is 379. The van der Waals surface area contributed by atoms with E-state index in [9.17, 15) is 14.7 Å². The number of aliphatic carboxylic acids is 1. The normalized spacial score (nSPS) is 20.6. The first kappa shape index (κ1) is 16.8. The minimum atomic E-state index is -1.06. The Morgan fingerprint density at radius 3 is 2.40 bits per heavy atom. The Kier molecular flexibility index (Phi) is 5.02. The molecule has 0 aromatic heterocycles. The topological polar surface area (TPSA) is 78.9 Å². The largest absolute Gasteiger partial charge is 0.481 e. The van der Waals surface area contributed by atoms with E-state index < -0.39 is 16.9 Å². The first-order valence-electron chi connectivity index (χ1n) is 6.95. The smallest absolute Gasteiger partial charge is 0.317 e. The molecular formula is C14H26N2O4. The second-order valence-electron chi connectivity index (χ2n) is 6.43. The highest BCUT2D eigenvalue weighted by atomic mass is 16.5. The van der Waals surface area contributed by atoms with Crippen molar-refractivity contribution in [2.45, 2.75) is 52.2 Å². The summed E-state index contributed by atoms with van der Waals surface area (Å²) in [5.41, 5.74) is -1.91. The third kappa shape index (κ3) is 3.42. The number of hydrogen-bond acceptors (Lipinski definition) is 3. The molecule has 116 valence electrons. The van der Waals surface area contributed by atoms with Gasteiger partial charge < -0.3 is 20.1 Å². The minimum absolute atomic E-state index is 0.0603. The summed E-state index contributed by atoms with van der Waals surface area (Å²) in [7, 11) is 1.64. The fourth-order valence-electron chi connectivity index (χ4n) is 2.09.